The summed E-state index contributed by atoms with van der Waals surface area (Å²) in [5, 5.41) is 11.4. The van der Waals surface area contributed by atoms with Gasteiger partial charge < -0.3 is 5.11 Å². The summed E-state index contributed by atoms with van der Waals surface area (Å²) in [5.41, 5.74) is 0.464. The number of fused-ring (bicyclic) bond motifs is 1. The summed E-state index contributed by atoms with van der Waals surface area (Å²) in [6.07, 6.45) is 10.1. The molecule has 0 spiro atoms. The molecule has 0 fully saturated rings. The molecule has 0 saturated carbocycles. The molecular formula is C22H28O2S. The fourth-order valence-corrected chi connectivity index (χ4v) is 3.77. The van der Waals surface area contributed by atoms with Crippen LogP contribution in [-0.2, 0) is 4.79 Å². The molecule has 0 heterocycles. The highest BCUT2D eigenvalue weighted by molar-refractivity contribution is 7.99. The van der Waals surface area contributed by atoms with Crippen molar-refractivity contribution in [3.05, 3.63) is 54.1 Å². The summed E-state index contributed by atoms with van der Waals surface area (Å²) in [6.45, 7) is 1.66. The molecule has 0 aromatic heterocycles. The Bertz CT molecular complexity index is 706. The molecule has 0 radical (unpaired) electrons. The number of aliphatic carboxylic acids is 1. The van der Waals surface area contributed by atoms with Crippen molar-refractivity contribution >= 4 is 28.5 Å². The number of carboxylic acid groups (broad SMARTS) is 1. The Morgan fingerprint density at radius 1 is 0.960 bits per heavy atom. The first kappa shape index (κ1) is 19.6. The maximum absolute atomic E-state index is 10.7. The number of thioether (sulfide) groups is 1. The third-order valence-electron chi connectivity index (χ3n) is 4.38. The molecular weight excluding hydrogens is 328 g/mol. The van der Waals surface area contributed by atoms with E-state index in [2.05, 4.69) is 42.5 Å². The highest BCUT2D eigenvalue weighted by Crippen LogP contribution is 2.24. The quantitative estimate of drug-likeness (QED) is 0.277. The number of unbranched alkanes of at least 4 members (excludes halogenated alkanes) is 6. The van der Waals surface area contributed by atoms with Gasteiger partial charge in [-0.05, 0) is 54.8 Å². The molecule has 1 N–H and O–H groups in total. The number of benzene rings is 2. The van der Waals surface area contributed by atoms with Gasteiger partial charge in [0.2, 0.25) is 0 Å². The number of rotatable bonds is 11. The summed E-state index contributed by atoms with van der Waals surface area (Å²) < 4.78 is 0. The summed E-state index contributed by atoms with van der Waals surface area (Å²) in [5.74, 6) is 0.378. The zero-order valence-electron chi connectivity index (χ0n) is 15.0. The van der Waals surface area contributed by atoms with Crippen LogP contribution in [0.15, 0.2) is 59.0 Å². The molecule has 0 aliphatic rings. The van der Waals surface area contributed by atoms with Crippen molar-refractivity contribution in [1.29, 1.82) is 0 Å². The Hall–Kier alpha value is -1.74. The zero-order chi connectivity index (χ0) is 17.9. The van der Waals surface area contributed by atoms with Crippen molar-refractivity contribution in [1.82, 2.24) is 0 Å². The highest BCUT2D eigenvalue weighted by Gasteiger charge is 1.99. The Morgan fingerprint density at radius 2 is 1.64 bits per heavy atom. The molecule has 0 atom stereocenters. The molecule has 0 bridgehead atoms. The molecule has 134 valence electrons. The summed E-state index contributed by atoms with van der Waals surface area (Å²) in [7, 11) is 0. The zero-order valence-corrected chi connectivity index (χ0v) is 15.9. The molecule has 0 aliphatic carbocycles. The minimum Gasteiger partial charge on any atom is -0.478 e. The van der Waals surface area contributed by atoms with Crippen molar-refractivity contribution in [2.24, 2.45) is 0 Å². The van der Waals surface area contributed by atoms with Gasteiger partial charge in [0.05, 0.1) is 0 Å². The first-order chi connectivity index (χ1) is 12.2. The van der Waals surface area contributed by atoms with Gasteiger partial charge in [-0.15, -0.1) is 11.8 Å². The molecule has 0 saturated heterocycles. The highest BCUT2D eigenvalue weighted by atomic mass is 32.2. The average Bonchev–Trinajstić information content (AvgIpc) is 2.62. The van der Waals surface area contributed by atoms with Crippen molar-refractivity contribution in [2.45, 2.75) is 56.8 Å². The third-order valence-corrected chi connectivity index (χ3v) is 5.46. The number of hydrogen-bond donors (Lipinski definition) is 1. The Labute approximate surface area is 155 Å². The first-order valence-electron chi connectivity index (χ1n) is 9.18. The second kappa shape index (κ2) is 11.0. The molecule has 25 heavy (non-hydrogen) atoms. The minimum absolute atomic E-state index is 0.464. The van der Waals surface area contributed by atoms with E-state index in [1.165, 1.54) is 53.5 Å². The van der Waals surface area contributed by atoms with Gasteiger partial charge in [-0.2, -0.15) is 0 Å². The van der Waals surface area contributed by atoms with Crippen LogP contribution in [0.4, 0.5) is 0 Å². The predicted octanol–water partition coefficient (Wildman–Crippen LogP) is 6.69. The van der Waals surface area contributed by atoms with E-state index in [1.807, 2.05) is 17.8 Å². The first-order valence-corrected chi connectivity index (χ1v) is 10.2. The van der Waals surface area contributed by atoms with Gasteiger partial charge in [0.1, 0.15) is 0 Å². The van der Waals surface area contributed by atoms with Gasteiger partial charge in [-0.1, -0.05) is 62.1 Å². The third kappa shape index (κ3) is 7.35. The van der Waals surface area contributed by atoms with Gasteiger partial charge in [0.15, 0.2) is 0 Å². The van der Waals surface area contributed by atoms with Crippen molar-refractivity contribution < 1.29 is 9.90 Å². The lowest BCUT2D eigenvalue weighted by Gasteiger charge is -2.04. The normalized spacial score (nSPS) is 11.8. The van der Waals surface area contributed by atoms with Crippen LogP contribution in [0.3, 0.4) is 0 Å². The van der Waals surface area contributed by atoms with Crippen LogP contribution in [0.5, 0.6) is 0 Å². The second-order valence-electron chi connectivity index (χ2n) is 6.46. The summed E-state index contributed by atoms with van der Waals surface area (Å²) in [6, 6.07) is 15.2. The van der Waals surface area contributed by atoms with Crippen molar-refractivity contribution in [2.75, 3.05) is 5.75 Å². The lowest BCUT2D eigenvalue weighted by molar-refractivity contribution is -0.132. The molecule has 0 unspecified atom stereocenters. The van der Waals surface area contributed by atoms with Crippen LogP contribution < -0.4 is 0 Å². The second-order valence-corrected chi connectivity index (χ2v) is 7.63. The number of carbonyl (C=O) groups is 1. The summed E-state index contributed by atoms with van der Waals surface area (Å²) >= 11 is 1.95. The minimum atomic E-state index is -0.802. The fraction of sp³-hybridized carbons (Fsp3) is 0.409. The van der Waals surface area contributed by atoms with Gasteiger partial charge in [0.25, 0.3) is 0 Å². The van der Waals surface area contributed by atoms with E-state index >= 15 is 0 Å². The molecule has 0 aliphatic heterocycles. The van der Waals surface area contributed by atoms with E-state index in [4.69, 9.17) is 5.11 Å². The fourth-order valence-electron chi connectivity index (χ4n) is 2.81. The molecule has 0 amide bonds. The van der Waals surface area contributed by atoms with Crippen LogP contribution in [0, 0.1) is 0 Å². The van der Waals surface area contributed by atoms with Gasteiger partial charge >= 0.3 is 5.97 Å². The van der Waals surface area contributed by atoms with Gasteiger partial charge in [-0.3, -0.25) is 0 Å². The predicted molar refractivity (Wildman–Crippen MR) is 108 cm³/mol. The lowest BCUT2D eigenvalue weighted by atomic mass is 10.1. The Balaban J connectivity index is 1.52. The average molecular weight is 357 g/mol. The van der Waals surface area contributed by atoms with Crippen LogP contribution in [0.25, 0.3) is 10.8 Å². The van der Waals surface area contributed by atoms with Crippen LogP contribution in [-0.4, -0.2) is 16.8 Å². The van der Waals surface area contributed by atoms with E-state index in [-0.39, 0.29) is 0 Å². The lowest BCUT2D eigenvalue weighted by Crippen LogP contribution is -1.95. The SMILES string of the molecule is CC(=CCCCCCCCCSc1ccc2ccccc2c1)C(=O)O. The molecule has 2 rings (SSSR count). The monoisotopic (exact) mass is 356 g/mol. The summed E-state index contributed by atoms with van der Waals surface area (Å²) in [4.78, 5) is 12.0. The van der Waals surface area contributed by atoms with Crippen LogP contribution >= 0.6 is 11.8 Å². The number of allylic oxidation sites excluding steroid dienone is 1. The molecule has 2 aromatic carbocycles. The van der Waals surface area contributed by atoms with E-state index in [0.717, 1.165) is 12.8 Å². The Morgan fingerprint density at radius 3 is 2.40 bits per heavy atom. The molecule has 2 aromatic rings. The van der Waals surface area contributed by atoms with E-state index < -0.39 is 5.97 Å². The largest absolute Gasteiger partial charge is 0.478 e. The molecule has 3 heteroatoms. The smallest absolute Gasteiger partial charge is 0.330 e. The maximum Gasteiger partial charge on any atom is 0.330 e. The number of hydrogen-bond acceptors (Lipinski definition) is 2. The van der Waals surface area contributed by atoms with Gasteiger partial charge in [0, 0.05) is 10.5 Å². The van der Waals surface area contributed by atoms with Gasteiger partial charge in [-0.25, -0.2) is 4.79 Å². The van der Waals surface area contributed by atoms with Crippen molar-refractivity contribution in [3.63, 3.8) is 0 Å². The van der Waals surface area contributed by atoms with Crippen LogP contribution in [0.1, 0.15) is 51.9 Å². The van der Waals surface area contributed by atoms with E-state index in [1.54, 1.807) is 6.92 Å². The van der Waals surface area contributed by atoms with E-state index in [9.17, 15) is 4.79 Å². The molecule has 2 nitrogen and oxygen atoms in total. The maximum atomic E-state index is 10.7. The number of carboxylic acids is 1. The van der Waals surface area contributed by atoms with Crippen LogP contribution in [0.2, 0.25) is 0 Å². The Kier molecular flexibility index (Phi) is 8.61. The van der Waals surface area contributed by atoms with Crippen molar-refractivity contribution in [3.8, 4) is 0 Å². The standard InChI is InChI=1S/C22H28O2S/c1-18(22(23)24)11-7-5-3-2-4-6-10-16-25-21-15-14-19-12-8-9-13-20(19)17-21/h8-9,11-15,17H,2-7,10,16H2,1H3,(H,23,24). The topological polar surface area (TPSA) is 37.3 Å². The van der Waals surface area contributed by atoms with E-state index in [0.29, 0.717) is 5.57 Å².